The Labute approximate surface area is 153 Å². The molecule has 0 saturated carbocycles. The molecule has 0 spiro atoms. The minimum atomic E-state index is -0.380. The van der Waals surface area contributed by atoms with Gasteiger partial charge in [-0.25, -0.2) is 8.78 Å². The molecule has 0 atom stereocenters. The molecule has 3 rings (SSSR count). The molecule has 2 aromatic carbocycles. The number of piperazine rings is 1. The second-order valence-corrected chi connectivity index (χ2v) is 6.54. The van der Waals surface area contributed by atoms with Crippen LogP contribution in [-0.4, -0.2) is 43.6 Å². The van der Waals surface area contributed by atoms with E-state index in [1.807, 2.05) is 4.90 Å². The van der Waals surface area contributed by atoms with Gasteiger partial charge in [0.25, 0.3) is 5.91 Å². The fraction of sp³-hybridized carbons (Fsp3) is 0.278. The van der Waals surface area contributed by atoms with Crippen LogP contribution in [0.1, 0.15) is 0 Å². The van der Waals surface area contributed by atoms with Gasteiger partial charge < -0.3 is 14.5 Å². The van der Waals surface area contributed by atoms with Gasteiger partial charge in [0.2, 0.25) is 0 Å². The van der Waals surface area contributed by atoms with E-state index in [9.17, 15) is 13.6 Å². The van der Waals surface area contributed by atoms with E-state index in [1.54, 1.807) is 23.1 Å². The van der Waals surface area contributed by atoms with E-state index in [4.69, 9.17) is 4.74 Å². The molecule has 0 N–H and O–H groups in total. The van der Waals surface area contributed by atoms with Crippen molar-refractivity contribution in [3.8, 4) is 5.75 Å². The van der Waals surface area contributed by atoms with Crippen LogP contribution in [0.5, 0.6) is 5.75 Å². The first kappa shape index (κ1) is 17.7. The lowest BCUT2D eigenvalue weighted by atomic mass is 10.2. The fourth-order valence-electron chi connectivity index (χ4n) is 2.73. The van der Waals surface area contributed by atoms with Crippen LogP contribution in [0.25, 0.3) is 0 Å². The van der Waals surface area contributed by atoms with Crippen LogP contribution in [0.15, 0.2) is 46.9 Å². The largest absolute Gasteiger partial charge is 0.483 e. The van der Waals surface area contributed by atoms with Gasteiger partial charge in [-0.15, -0.1) is 0 Å². The first-order valence-corrected chi connectivity index (χ1v) is 8.69. The van der Waals surface area contributed by atoms with Gasteiger partial charge in [-0.3, -0.25) is 4.79 Å². The number of benzene rings is 2. The number of nitrogens with zero attached hydrogens (tertiary/aromatic N) is 2. The molecular weight excluding hydrogens is 394 g/mol. The summed E-state index contributed by atoms with van der Waals surface area (Å²) in [5, 5.41) is 0. The first-order valence-electron chi connectivity index (χ1n) is 7.89. The minimum Gasteiger partial charge on any atom is -0.483 e. The Kier molecular flexibility index (Phi) is 5.53. The maximum Gasteiger partial charge on any atom is 0.260 e. The van der Waals surface area contributed by atoms with Crippen LogP contribution in [0.2, 0.25) is 0 Å². The predicted octanol–water partition coefficient (Wildman–Crippen LogP) is 3.45. The second-order valence-electron chi connectivity index (χ2n) is 5.68. The van der Waals surface area contributed by atoms with Crippen LogP contribution in [-0.2, 0) is 4.79 Å². The molecule has 0 aliphatic carbocycles. The van der Waals surface area contributed by atoms with Crippen molar-refractivity contribution in [3.63, 3.8) is 0 Å². The summed E-state index contributed by atoms with van der Waals surface area (Å²) in [4.78, 5) is 15.9. The van der Waals surface area contributed by atoms with Crippen LogP contribution in [0, 0.1) is 11.6 Å². The summed E-state index contributed by atoms with van der Waals surface area (Å²) >= 11 is 3.20. The summed E-state index contributed by atoms with van der Waals surface area (Å²) < 4.78 is 32.8. The van der Waals surface area contributed by atoms with Gasteiger partial charge in [-0.05, 0) is 46.3 Å². The lowest BCUT2D eigenvalue weighted by Crippen LogP contribution is -2.50. The summed E-state index contributed by atoms with van der Waals surface area (Å²) in [6, 6.07) is 10.7. The average Bonchev–Trinajstić information content (AvgIpc) is 2.61. The molecule has 1 aliphatic rings. The van der Waals surface area contributed by atoms with Crippen molar-refractivity contribution in [3.05, 3.63) is 58.6 Å². The predicted molar refractivity (Wildman–Crippen MR) is 94.8 cm³/mol. The minimum absolute atomic E-state index is 0.121. The van der Waals surface area contributed by atoms with Crippen molar-refractivity contribution in [2.24, 2.45) is 0 Å². The second kappa shape index (κ2) is 7.82. The van der Waals surface area contributed by atoms with E-state index >= 15 is 0 Å². The van der Waals surface area contributed by atoms with E-state index in [0.29, 0.717) is 42.1 Å². The van der Waals surface area contributed by atoms with Crippen molar-refractivity contribution in [1.82, 2.24) is 4.90 Å². The smallest absolute Gasteiger partial charge is 0.260 e. The molecule has 25 heavy (non-hydrogen) atoms. The highest BCUT2D eigenvalue weighted by molar-refractivity contribution is 9.10. The van der Waals surface area contributed by atoms with Gasteiger partial charge >= 0.3 is 0 Å². The average molecular weight is 411 g/mol. The molecule has 1 aliphatic heterocycles. The maximum atomic E-state index is 13.8. The van der Waals surface area contributed by atoms with Gasteiger partial charge in [0.05, 0.1) is 10.2 Å². The Balaban J connectivity index is 1.52. The number of anilines is 1. The highest BCUT2D eigenvalue weighted by atomic mass is 79.9. The SMILES string of the molecule is O=C(COc1ccc(F)cc1Br)N1CCN(c2ccccc2F)CC1. The first-order chi connectivity index (χ1) is 12.0. The number of amides is 1. The monoisotopic (exact) mass is 410 g/mol. The van der Waals surface area contributed by atoms with Gasteiger partial charge in [-0.1, -0.05) is 12.1 Å². The van der Waals surface area contributed by atoms with E-state index < -0.39 is 0 Å². The molecule has 1 saturated heterocycles. The zero-order valence-corrected chi connectivity index (χ0v) is 15.0. The van der Waals surface area contributed by atoms with E-state index in [2.05, 4.69) is 15.9 Å². The molecule has 0 unspecified atom stereocenters. The number of hydrogen-bond donors (Lipinski definition) is 0. The number of hydrogen-bond acceptors (Lipinski definition) is 3. The zero-order valence-electron chi connectivity index (χ0n) is 13.4. The van der Waals surface area contributed by atoms with Crippen molar-refractivity contribution in [2.75, 3.05) is 37.7 Å². The highest BCUT2D eigenvalue weighted by Gasteiger charge is 2.23. The van der Waals surface area contributed by atoms with Gasteiger partial charge in [0.1, 0.15) is 17.4 Å². The summed E-state index contributed by atoms with van der Waals surface area (Å²) in [5.41, 5.74) is 0.557. The number of carbonyl (C=O) groups is 1. The molecule has 4 nitrogen and oxygen atoms in total. The molecule has 2 aromatic rings. The molecule has 0 radical (unpaired) electrons. The van der Waals surface area contributed by atoms with Crippen LogP contribution in [0.3, 0.4) is 0 Å². The summed E-state index contributed by atoms with van der Waals surface area (Å²) in [5.74, 6) is -0.370. The van der Waals surface area contributed by atoms with Crippen LogP contribution >= 0.6 is 15.9 Å². The Hall–Kier alpha value is -2.15. The van der Waals surface area contributed by atoms with E-state index in [1.165, 1.54) is 24.3 Å². The van der Waals surface area contributed by atoms with Crippen LogP contribution < -0.4 is 9.64 Å². The Morgan fingerprint density at radius 2 is 1.80 bits per heavy atom. The molecule has 1 amide bonds. The maximum absolute atomic E-state index is 13.8. The molecular formula is C18H17BrF2N2O2. The van der Waals surface area contributed by atoms with Gasteiger partial charge in [-0.2, -0.15) is 0 Å². The van der Waals surface area contributed by atoms with Gasteiger partial charge in [0, 0.05) is 26.2 Å². The van der Waals surface area contributed by atoms with Crippen LogP contribution in [0.4, 0.5) is 14.5 Å². The lowest BCUT2D eigenvalue weighted by molar-refractivity contribution is -0.133. The number of para-hydroxylation sites is 1. The highest BCUT2D eigenvalue weighted by Crippen LogP contribution is 2.25. The Morgan fingerprint density at radius 3 is 2.48 bits per heavy atom. The molecule has 0 bridgehead atoms. The molecule has 7 heteroatoms. The molecule has 0 aromatic heterocycles. The Bertz CT molecular complexity index is 764. The summed E-state index contributed by atoms with van der Waals surface area (Å²) in [6.07, 6.45) is 0. The standard InChI is InChI=1S/C18H17BrF2N2O2/c19-14-11-13(20)5-6-17(14)25-12-18(24)23-9-7-22(8-10-23)16-4-2-1-3-15(16)21/h1-6,11H,7-10,12H2. The number of rotatable bonds is 4. The van der Waals surface area contributed by atoms with Crippen molar-refractivity contribution >= 4 is 27.5 Å². The summed E-state index contributed by atoms with van der Waals surface area (Å²) in [6.45, 7) is 2.01. The Morgan fingerprint density at radius 1 is 1.08 bits per heavy atom. The number of ether oxygens (including phenoxy) is 1. The number of carbonyl (C=O) groups excluding carboxylic acids is 1. The topological polar surface area (TPSA) is 32.8 Å². The zero-order chi connectivity index (χ0) is 17.8. The van der Waals surface area contributed by atoms with E-state index in [0.717, 1.165) is 0 Å². The molecule has 1 fully saturated rings. The number of halogens is 3. The van der Waals surface area contributed by atoms with E-state index in [-0.39, 0.29) is 24.1 Å². The normalized spacial score (nSPS) is 14.5. The third kappa shape index (κ3) is 4.28. The van der Waals surface area contributed by atoms with Crippen molar-refractivity contribution < 1.29 is 18.3 Å². The van der Waals surface area contributed by atoms with Gasteiger partial charge in [0.15, 0.2) is 6.61 Å². The van der Waals surface area contributed by atoms with Crippen molar-refractivity contribution in [1.29, 1.82) is 0 Å². The quantitative estimate of drug-likeness (QED) is 0.773. The summed E-state index contributed by atoms with van der Waals surface area (Å²) in [7, 11) is 0. The molecule has 1 heterocycles. The van der Waals surface area contributed by atoms with Crippen molar-refractivity contribution in [2.45, 2.75) is 0 Å². The molecule has 132 valence electrons. The fourth-order valence-corrected chi connectivity index (χ4v) is 3.19. The third-order valence-corrected chi connectivity index (χ3v) is 4.69. The lowest BCUT2D eigenvalue weighted by Gasteiger charge is -2.36. The third-order valence-electron chi connectivity index (χ3n) is 4.07.